The van der Waals surface area contributed by atoms with Crippen molar-refractivity contribution in [1.82, 2.24) is 0 Å². The minimum Gasteiger partial charge on any atom is -0.394 e. The summed E-state index contributed by atoms with van der Waals surface area (Å²) in [5.74, 6) is 0. The Morgan fingerprint density at radius 1 is 0.308 bits per heavy atom. The molecule has 6 fully saturated rings. The van der Waals surface area contributed by atoms with Gasteiger partial charge in [0, 0.05) is 0 Å². The van der Waals surface area contributed by atoms with Gasteiger partial charge in [-0.05, 0) is 13.8 Å². The highest BCUT2D eigenvalue weighted by Gasteiger charge is 2.56. The third-order valence-corrected chi connectivity index (χ3v) is 12.3. The van der Waals surface area contributed by atoms with Crippen LogP contribution in [0.4, 0.5) is 0 Å². The van der Waals surface area contributed by atoms with E-state index in [4.69, 9.17) is 52.1 Å². The van der Waals surface area contributed by atoms with E-state index in [1.807, 2.05) is 0 Å². The molecule has 380 valence electrons. The van der Waals surface area contributed by atoms with E-state index in [1.54, 1.807) is 0 Å². The summed E-state index contributed by atoms with van der Waals surface area (Å²) >= 11 is 0. The Morgan fingerprint density at radius 2 is 0.646 bits per heavy atom. The first-order valence-electron chi connectivity index (χ1n) is 20.8. The van der Waals surface area contributed by atoms with Gasteiger partial charge in [0.2, 0.25) is 0 Å². The SMILES string of the molecule is C[C@@H]1O[C@@H](O[C@@H]2[C@@H](O)[C@H](O)O[C@H](CO)[C@@H]2O)[C@H](O)[C@H](O)[C@H]1O[C@@H]1O[C@H](CO[C@@H]2O[C@H](CO)[C@H](O)[C@H](O[C@@H]3O[C@@H](C)[C@H](O[C@@H]4O[C@H](CO)[C@@H](O)[C@H](O)[C@H]4O)[C@@H](O)[C@H]3O)[C@H]2O)[C@@H](O)[C@H](O)[C@H]1O. The monoisotopic (exact) mass is 958 g/mol. The van der Waals surface area contributed by atoms with Crippen molar-refractivity contribution in [3.05, 3.63) is 0 Å². The number of hydrogen-bond donors (Lipinski definition) is 18. The molecule has 6 saturated heterocycles. The Bertz CT molecular complexity index is 1470. The number of aliphatic hydroxyl groups excluding tert-OH is 18. The lowest BCUT2D eigenvalue weighted by molar-refractivity contribution is -0.383. The normalized spacial score (nSPS) is 54.6. The van der Waals surface area contributed by atoms with E-state index >= 15 is 0 Å². The van der Waals surface area contributed by atoms with E-state index in [0.717, 1.165) is 0 Å². The van der Waals surface area contributed by atoms with Crippen molar-refractivity contribution in [2.24, 2.45) is 0 Å². The minimum absolute atomic E-state index is 0.779. The van der Waals surface area contributed by atoms with Gasteiger partial charge in [0.25, 0.3) is 0 Å². The molecular weight excluding hydrogens is 896 g/mol. The summed E-state index contributed by atoms with van der Waals surface area (Å²) < 4.78 is 60.8. The molecule has 65 heavy (non-hydrogen) atoms. The smallest absolute Gasteiger partial charge is 0.187 e. The summed E-state index contributed by atoms with van der Waals surface area (Å²) in [6.45, 7) is -0.606. The van der Waals surface area contributed by atoms with Crippen LogP contribution in [0.15, 0.2) is 0 Å². The lowest BCUT2D eigenvalue weighted by atomic mass is 9.96. The molecule has 0 spiro atoms. The van der Waals surface area contributed by atoms with Crippen LogP contribution >= 0.6 is 0 Å². The van der Waals surface area contributed by atoms with E-state index in [1.165, 1.54) is 13.8 Å². The molecule has 0 aromatic rings. The van der Waals surface area contributed by atoms with E-state index in [9.17, 15) is 91.9 Å². The summed E-state index contributed by atoms with van der Waals surface area (Å²) in [4.78, 5) is 0. The van der Waals surface area contributed by atoms with E-state index < -0.39 is 211 Å². The van der Waals surface area contributed by atoms with E-state index in [2.05, 4.69) is 0 Å². The zero-order valence-corrected chi connectivity index (χ0v) is 34.7. The fraction of sp³-hybridized carbons (Fsp3) is 1.00. The molecule has 29 heteroatoms. The number of rotatable bonds is 14. The van der Waals surface area contributed by atoms with Crippen molar-refractivity contribution in [2.45, 2.75) is 198 Å². The zero-order valence-electron chi connectivity index (χ0n) is 34.7. The van der Waals surface area contributed by atoms with Crippen LogP contribution in [0.1, 0.15) is 13.8 Å². The molecule has 30 atom stereocenters. The molecule has 0 aromatic carbocycles. The second kappa shape index (κ2) is 22.3. The average Bonchev–Trinajstić information content (AvgIpc) is 3.28. The largest absolute Gasteiger partial charge is 0.394 e. The highest BCUT2D eigenvalue weighted by molar-refractivity contribution is 4.98. The lowest BCUT2D eigenvalue weighted by Gasteiger charge is -2.48. The van der Waals surface area contributed by atoms with Crippen LogP contribution in [-0.2, 0) is 52.1 Å². The maximum atomic E-state index is 11.3. The number of hydrogen-bond acceptors (Lipinski definition) is 29. The summed E-state index contributed by atoms with van der Waals surface area (Å²) in [7, 11) is 0. The van der Waals surface area contributed by atoms with Crippen molar-refractivity contribution in [2.75, 3.05) is 26.4 Å². The third-order valence-electron chi connectivity index (χ3n) is 12.3. The first kappa shape index (κ1) is 53.2. The van der Waals surface area contributed by atoms with Gasteiger partial charge in [-0.25, -0.2) is 0 Å². The maximum absolute atomic E-state index is 11.3. The van der Waals surface area contributed by atoms with Gasteiger partial charge in [-0.1, -0.05) is 0 Å². The predicted octanol–water partition coefficient (Wildman–Crippen LogP) is -12.0. The summed E-state index contributed by atoms with van der Waals surface area (Å²) in [5.41, 5.74) is 0. The molecule has 18 N–H and O–H groups in total. The molecular formula is C36H62O29. The molecule has 6 rings (SSSR count). The maximum Gasteiger partial charge on any atom is 0.187 e. The molecule has 29 nitrogen and oxygen atoms in total. The Kier molecular flexibility index (Phi) is 18.2. The minimum atomic E-state index is -2.02. The van der Waals surface area contributed by atoms with Gasteiger partial charge in [-0.3, -0.25) is 0 Å². The molecule has 0 radical (unpaired) electrons. The second-order valence-electron chi connectivity index (χ2n) is 16.8. The molecule has 6 aliphatic rings. The standard InChI is InChI=1S/C36H62O29/c1-7-27(62-35-21(48)17(44)13(40)9(3-37)60-35)20(47)24(51)34(57-7)65-30-16(43)11(5-39)59-32(26(30)53)55-6-12-14(41)18(45)22(49)36(61-12)63-28-8(2)56-33(23(50)19(28)46)64-29-15(42)10(4-38)58-31(54)25(29)52/h7-54H,3-6H2,1-2H3/t7-,8-,9+,10+,11+,12+,13+,14+,15-,16-,17-,18-,19-,20-,21+,22+,23+,24+,25+,26+,27-,28-,29-,30-,31+,32+,33-,34-,35-,36-/m0/s1. The first-order chi connectivity index (χ1) is 30.6. The lowest BCUT2D eigenvalue weighted by Crippen LogP contribution is -2.66. The fourth-order valence-electron chi connectivity index (χ4n) is 8.35. The summed E-state index contributed by atoms with van der Waals surface area (Å²) in [6.07, 6.45) is -52.6. The van der Waals surface area contributed by atoms with Crippen LogP contribution in [0.5, 0.6) is 0 Å². The van der Waals surface area contributed by atoms with Crippen LogP contribution in [0.2, 0.25) is 0 Å². The van der Waals surface area contributed by atoms with Crippen LogP contribution in [-0.4, -0.2) is 303 Å². The van der Waals surface area contributed by atoms with Crippen LogP contribution in [0.25, 0.3) is 0 Å². The molecule has 0 unspecified atom stereocenters. The average molecular weight is 959 g/mol. The van der Waals surface area contributed by atoms with Crippen molar-refractivity contribution in [3.8, 4) is 0 Å². The van der Waals surface area contributed by atoms with Gasteiger partial charge in [-0.2, -0.15) is 0 Å². The number of aliphatic hydroxyl groups is 18. The summed E-state index contributed by atoms with van der Waals surface area (Å²) in [5, 5.41) is 189. The van der Waals surface area contributed by atoms with Crippen LogP contribution < -0.4 is 0 Å². The molecule has 6 aliphatic heterocycles. The first-order valence-corrected chi connectivity index (χ1v) is 20.8. The Balaban J connectivity index is 1.06. The highest BCUT2D eigenvalue weighted by atomic mass is 16.8. The van der Waals surface area contributed by atoms with Crippen LogP contribution in [0.3, 0.4) is 0 Å². The topological polar surface area (TPSA) is 466 Å². The van der Waals surface area contributed by atoms with Crippen molar-refractivity contribution in [3.63, 3.8) is 0 Å². The van der Waals surface area contributed by atoms with Crippen molar-refractivity contribution >= 4 is 0 Å². The Hall–Kier alpha value is -1.16. The van der Waals surface area contributed by atoms with Crippen LogP contribution in [0, 0.1) is 0 Å². The second-order valence-corrected chi connectivity index (χ2v) is 16.8. The van der Waals surface area contributed by atoms with Gasteiger partial charge in [0.1, 0.15) is 134 Å². The molecule has 0 aromatic heterocycles. The van der Waals surface area contributed by atoms with Gasteiger partial charge in [0.15, 0.2) is 37.7 Å². The Labute approximate surface area is 368 Å². The molecule has 0 aliphatic carbocycles. The highest BCUT2D eigenvalue weighted by Crippen LogP contribution is 2.35. The predicted molar refractivity (Wildman–Crippen MR) is 196 cm³/mol. The van der Waals surface area contributed by atoms with Crippen molar-refractivity contribution < 1.29 is 144 Å². The van der Waals surface area contributed by atoms with E-state index in [-0.39, 0.29) is 0 Å². The zero-order chi connectivity index (χ0) is 47.9. The fourth-order valence-corrected chi connectivity index (χ4v) is 8.35. The van der Waals surface area contributed by atoms with Gasteiger partial charge in [-0.15, -0.1) is 0 Å². The molecule has 0 amide bonds. The quantitative estimate of drug-likeness (QED) is 0.0768. The van der Waals surface area contributed by atoms with Gasteiger partial charge >= 0.3 is 0 Å². The van der Waals surface area contributed by atoms with E-state index in [0.29, 0.717) is 0 Å². The number of ether oxygens (including phenoxy) is 11. The molecule has 0 bridgehead atoms. The van der Waals surface area contributed by atoms with Gasteiger partial charge < -0.3 is 144 Å². The third kappa shape index (κ3) is 10.9. The van der Waals surface area contributed by atoms with Gasteiger partial charge in [0.05, 0.1) is 38.6 Å². The molecule has 0 saturated carbocycles. The molecule has 6 heterocycles. The Morgan fingerprint density at radius 3 is 1.11 bits per heavy atom. The summed E-state index contributed by atoms with van der Waals surface area (Å²) in [6, 6.07) is 0. The van der Waals surface area contributed by atoms with Crippen molar-refractivity contribution in [1.29, 1.82) is 0 Å².